The third-order valence-corrected chi connectivity index (χ3v) is 11.6. The van der Waals surface area contributed by atoms with Gasteiger partial charge in [-0.05, 0) is 80.6 Å². The van der Waals surface area contributed by atoms with E-state index in [9.17, 15) is 27.6 Å². The summed E-state index contributed by atoms with van der Waals surface area (Å²) < 4.78 is 71.3. The topological polar surface area (TPSA) is 163 Å². The van der Waals surface area contributed by atoms with Crippen molar-refractivity contribution in [3.63, 3.8) is 0 Å². The van der Waals surface area contributed by atoms with E-state index in [1.54, 1.807) is 23.1 Å². The highest BCUT2D eigenvalue weighted by molar-refractivity contribution is 6.05. The average molecular weight is 830 g/mol. The standard InChI is InChI=1S/C41H40F5N11O3/c42-32-20-28(57-18-12-36(58)53-40(57)60)3-5-34(32)55-15-9-26(10-16-55)54-13-7-25(8-14-54)50-39(59)30-4-6-35(51-37(30)43)52-38-29-11-17-56(22-33(29)48-23-49-38)27-2-1-24(21-47)31(19-27)41(44,45)46/h1-6,19-20,23,25-26H,7-18,22H2,(H,50,59)(H,53,58,60)(H,48,49,51,52). The summed E-state index contributed by atoms with van der Waals surface area (Å²) in [5, 5.41) is 17.3. The number of hydrogen-bond donors (Lipinski definition) is 3. The van der Waals surface area contributed by atoms with Crippen LogP contribution in [0.1, 0.15) is 64.8 Å². The van der Waals surface area contributed by atoms with E-state index in [2.05, 4.69) is 35.8 Å². The molecule has 3 fully saturated rings. The molecule has 2 aromatic heterocycles. The van der Waals surface area contributed by atoms with Gasteiger partial charge in [0.2, 0.25) is 11.9 Å². The maximum Gasteiger partial charge on any atom is 0.417 e. The Balaban J connectivity index is 0.814. The molecule has 0 saturated carbocycles. The maximum absolute atomic E-state index is 15.3. The first-order valence-electron chi connectivity index (χ1n) is 19.7. The third-order valence-electron chi connectivity index (χ3n) is 11.6. The lowest BCUT2D eigenvalue weighted by atomic mass is 9.97. The van der Waals surface area contributed by atoms with E-state index >= 15 is 8.78 Å². The normalized spacial score (nSPS) is 18.2. The zero-order valence-corrected chi connectivity index (χ0v) is 32.2. The van der Waals surface area contributed by atoms with Gasteiger partial charge in [0.25, 0.3) is 5.91 Å². The van der Waals surface area contributed by atoms with Crippen molar-refractivity contribution in [2.75, 3.05) is 59.3 Å². The van der Waals surface area contributed by atoms with Crippen LogP contribution in [0.15, 0.2) is 54.9 Å². The number of carbonyl (C=O) groups is 3. The Kier molecular flexibility index (Phi) is 11.2. The molecule has 0 radical (unpaired) electrons. The van der Waals surface area contributed by atoms with Gasteiger partial charge in [0, 0.05) is 74.7 Å². The van der Waals surface area contributed by atoms with E-state index in [-0.39, 0.29) is 42.8 Å². The Labute approximate surface area is 341 Å². The molecule has 4 aliphatic rings. The summed E-state index contributed by atoms with van der Waals surface area (Å²) in [5.74, 6) is -1.84. The number of nitriles is 1. The zero-order valence-electron chi connectivity index (χ0n) is 32.2. The number of anilines is 5. The SMILES string of the molecule is N#Cc1ccc(N2CCc3c(ncnc3Nc3ccc(C(=O)NC4CCN(C5CCN(c6ccc(N7CCC(=O)NC7=O)cc6F)CC5)CC4)c(F)n3)C2)cc1C(F)(F)F. The van der Waals surface area contributed by atoms with Crippen molar-refractivity contribution >= 4 is 46.5 Å². The van der Waals surface area contributed by atoms with E-state index in [0.29, 0.717) is 79.1 Å². The highest BCUT2D eigenvalue weighted by Crippen LogP contribution is 2.36. The summed E-state index contributed by atoms with van der Waals surface area (Å²) in [7, 11) is 0. The number of likely N-dealkylation sites (tertiary alicyclic amines) is 1. The van der Waals surface area contributed by atoms with Crippen molar-refractivity contribution in [2.45, 2.75) is 63.3 Å². The molecule has 0 aliphatic carbocycles. The van der Waals surface area contributed by atoms with Gasteiger partial charge < -0.3 is 25.3 Å². The number of hydrogen-bond acceptors (Lipinski definition) is 11. The van der Waals surface area contributed by atoms with Gasteiger partial charge in [-0.3, -0.25) is 19.8 Å². The summed E-state index contributed by atoms with van der Waals surface area (Å²) in [6.07, 6.45) is 0.141. The number of piperidine rings is 2. The fourth-order valence-electron chi connectivity index (χ4n) is 8.41. The second-order valence-electron chi connectivity index (χ2n) is 15.2. The Hall–Kier alpha value is -6.42. The number of imide groups is 1. The second kappa shape index (κ2) is 16.7. The number of halogens is 5. The quantitative estimate of drug-likeness (QED) is 0.149. The van der Waals surface area contributed by atoms with Crippen LogP contribution in [-0.2, 0) is 23.9 Å². The first-order chi connectivity index (χ1) is 28.8. The van der Waals surface area contributed by atoms with E-state index in [1.807, 2.05) is 4.90 Å². The number of aromatic nitrogens is 3. The Morgan fingerprint density at radius 3 is 2.33 bits per heavy atom. The maximum atomic E-state index is 15.3. The number of pyridine rings is 1. The number of benzene rings is 2. The largest absolute Gasteiger partial charge is 0.417 e. The van der Waals surface area contributed by atoms with Gasteiger partial charge in [0.1, 0.15) is 23.8 Å². The van der Waals surface area contributed by atoms with E-state index < -0.39 is 41.0 Å². The molecule has 6 heterocycles. The second-order valence-corrected chi connectivity index (χ2v) is 15.2. The Morgan fingerprint density at radius 2 is 1.63 bits per heavy atom. The van der Waals surface area contributed by atoms with Crippen LogP contribution in [0.5, 0.6) is 0 Å². The predicted molar refractivity (Wildman–Crippen MR) is 210 cm³/mol. The molecule has 19 heteroatoms. The first kappa shape index (κ1) is 40.4. The lowest BCUT2D eigenvalue weighted by Crippen LogP contribution is -2.51. The lowest BCUT2D eigenvalue weighted by Gasteiger charge is -2.42. The van der Waals surface area contributed by atoms with Crippen molar-refractivity contribution in [3.05, 3.63) is 94.6 Å². The zero-order chi connectivity index (χ0) is 42.1. The van der Waals surface area contributed by atoms with Gasteiger partial charge in [-0.25, -0.2) is 24.1 Å². The third kappa shape index (κ3) is 8.50. The molecule has 2 aromatic carbocycles. The molecule has 60 heavy (non-hydrogen) atoms. The fraction of sp³-hybridized carbons (Fsp3) is 0.390. The number of rotatable bonds is 8. The predicted octanol–water partition coefficient (Wildman–Crippen LogP) is 5.66. The average Bonchev–Trinajstić information content (AvgIpc) is 3.23. The molecular formula is C41H40F5N11O3. The highest BCUT2D eigenvalue weighted by Gasteiger charge is 2.35. The number of amides is 4. The van der Waals surface area contributed by atoms with Crippen LogP contribution in [0.4, 0.5) is 55.4 Å². The molecule has 3 saturated heterocycles. The molecule has 0 spiro atoms. The summed E-state index contributed by atoms with van der Waals surface area (Å²) in [4.78, 5) is 56.9. The molecule has 0 bridgehead atoms. The van der Waals surface area contributed by atoms with Crippen LogP contribution in [0.2, 0.25) is 0 Å². The number of carbonyl (C=O) groups excluding carboxylic acids is 3. The van der Waals surface area contributed by atoms with Gasteiger partial charge in [-0.15, -0.1) is 0 Å². The summed E-state index contributed by atoms with van der Waals surface area (Å²) in [6, 6.07) is 12.3. The lowest BCUT2D eigenvalue weighted by molar-refractivity contribution is -0.137. The Bertz CT molecular complexity index is 2360. The van der Waals surface area contributed by atoms with Gasteiger partial charge in [0.15, 0.2) is 0 Å². The van der Waals surface area contributed by atoms with Crippen LogP contribution in [0.3, 0.4) is 0 Å². The molecule has 4 aliphatic heterocycles. The minimum absolute atomic E-state index is 0.110. The highest BCUT2D eigenvalue weighted by atomic mass is 19.4. The molecule has 8 rings (SSSR count). The number of nitrogens with zero attached hydrogens (tertiary/aromatic N) is 8. The van der Waals surface area contributed by atoms with Crippen molar-refractivity contribution in [1.82, 2.24) is 30.5 Å². The summed E-state index contributed by atoms with van der Waals surface area (Å²) in [6.45, 7) is 3.50. The van der Waals surface area contributed by atoms with Crippen LogP contribution in [-0.4, -0.2) is 89.0 Å². The number of nitrogens with one attached hydrogen (secondary N) is 3. The van der Waals surface area contributed by atoms with Crippen molar-refractivity contribution in [3.8, 4) is 6.07 Å². The molecule has 0 unspecified atom stereocenters. The van der Waals surface area contributed by atoms with Crippen LogP contribution in [0, 0.1) is 23.1 Å². The fourth-order valence-corrected chi connectivity index (χ4v) is 8.41. The van der Waals surface area contributed by atoms with Crippen LogP contribution < -0.4 is 30.7 Å². The minimum Gasteiger partial charge on any atom is -0.369 e. The molecular weight excluding hydrogens is 790 g/mol. The molecule has 312 valence electrons. The van der Waals surface area contributed by atoms with Crippen molar-refractivity contribution in [1.29, 1.82) is 5.26 Å². The van der Waals surface area contributed by atoms with Crippen molar-refractivity contribution < 1.29 is 36.3 Å². The summed E-state index contributed by atoms with van der Waals surface area (Å²) in [5.41, 5.74) is 0.760. The van der Waals surface area contributed by atoms with Crippen LogP contribution >= 0.6 is 0 Å². The molecule has 4 aromatic rings. The molecule has 3 N–H and O–H groups in total. The number of fused-ring (bicyclic) bond motifs is 1. The van der Waals surface area contributed by atoms with Crippen LogP contribution in [0.25, 0.3) is 0 Å². The van der Waals surface area contributed by atoms with E-state index in [0.717, 1.165) is 38.1 Å². The van der Waals surface area contributed by atoms with E-state index in [1.165, 1.54) is 35.5 Å². The molecule has 0 atom stereocenters. The molecule has 14 nitrogen and oxygen atoms in total. The monoisotopic (exact) mass is 829 g/mol. The van der Waals surface area contributed by atoms with Gasteiger partial charge in [0.05, 0.1) is 40.7 Å². The molecule has 4 amide bonds. The van der Waals surface area contributed by atoms with Crippen molar-refractivity contribution in [2.24, 2.45) is 0 Å². The van der Waals surface area contributed by atoms with Gasteiger partial charge in [-0.2, -0.15) is 22.8 Å². The Morgan fingerprint density at radius 1 is 0.867 bits per heavy atom. The van der Waals surface area contributed by atoms with Gasteiger partial charge >= 0.3 is 12.2 Å². The number of alkyl halides is 3. The van der Waals surface area contributed by atoms with E-state index in [4.69, 9.17) is 5.26 Å². The van der Waals surface area contributed by atoms with Gasteiger partial charge in [-0.1, -0.05) is 0 Å². The first-order valence-corrected chi connectivity index (χ1v) is 19.7. The number of urea groups is 1. The minimum atomic E-state index is -4.68. The smallest absolute Gasteiger partial charge is 0.369 e. The summed E-state index contributed by atoms with van der Waals surface area (Å²) >= 11 is 0.